The van der Waals surface area contributed by atoms with Crippen LogP contribution in [0, 0.1) is 31.0 Å². The number of carbonyl (C=O) groups is 1. The van der Waals surface area contributed by atoms with E-state index >= 15 is 0 Å². The Bertz CT molecular complexity index is 731. The Morgan fingerprint density at radius 1 is 1.23 bits per heavy atom. The topological polar surface area (TPSA) is 78.1 Å². The van der Waals surface area contributed by atoms with E-state index in [2.05, 4.69) is 10.6 Å². The van der Waals surface area contributed by atoms with E-state index in [0.717, 1.165) is 17.1 Å². The highest BCUT2D eigenvalue weighted by Gasteiger charge is 2.08. The molecule has 0 spiro atoms. The van der Waals surface area contributed by atoms with Gasteiger partial charge in [-0.25, -0.2) is 9.18 Å². The number of halogens is 1. The maximum Gasteiger partial charge on any atom is 0.315 e. The molecule has 1 aromatic carbocycles. The number of hydrogen-bond donors (Lipinski definition) is 2. The van der Waals surface area contributed by atoms with Crippen LogP contribution in [0.2, 0.25) is 0 Å². The maximum absolute atomic E-state index is 13.6. The van der Waals surface area contributed by atoms with Crippen LogP contribution in [0.4, 0.5) is 9.18 Å². The van der Waals surface area contributed by atoms with Gasteiger partial charge in [-0.15, -0.1) is 0 Å². The molecule has 0 fully saturated rings. The predicted molar refractivity (Wildman–Crippen MR) is 78.4 cm³/mol. The summed E-state index contributed by atoms with van der Waals surface area (Å²) in [6, 6.07) is 7.39. The lowest BCUT2D eigenvalue weighted by Crippen LogP contribution is -2.34. The molecule has 2 N–H and O–H groups in total. The van der Waals surface area contributed by atoms with Crippen molar-refractivity contribution in [2.45, 2.75) is 26.9 Å². The van der Waals surface area contributed by atoms with Crippen LogP contribution in [0.25, 0.3) is 0 Å². The van der Waals surface area contributed by atoms with Crippen molar-refractivity contribution in [1.29, 1.82) is 5.26 Å². The average molecular weight is 301 g/mol. The number of furan rings is 1. The van der Waals surface area contributed by atoms with Gasteiger partial charge in [-0.3, -0.25) is 0 Å². The van der Waals surface area contributed by atoms with Gasteiger partial charge < -0.3 is 15.1 Å². The van der Waals surface area contributed by atoms with E-state index in [9.17, 15) is 9.18 Å². The Hall–Kier alpha value is -2.81. The van der Waals surface area contributed by atoms with Gasteiger partial charge in [0.05, 0.1) is 11.6 Å². The summed E-state index contributed by atoms with van der Waals surface area (Å²) < 4.78 is 18.9. The van der Waals surface area contributed by atoms with E-state index < -0.39 is 11.8 Å². The average Bonchev–Trinajstić information content (AvgIpc) is 2.82. The van der Waals surface area contributed by atoms with Crippen LogP contribution in [0.5, 0.6) is 0 Å². The summed E-state index contributed by atoms with van der Waals surface area (Å²) in [4.78, 5) is 11.7. The molecule has 0 aliphatic carbocycles. The van der Waals surface area contributed by atoms with Crippen LogP contribution in [0.15, 0.2) is 28.7 Å². The zero-order valence-corrected chi connectivity index (χ0v) is 12.4. The number of nitriles is 1. The van der Waals surface area contributed by atoms with Gasteiger partial charge >= 0.3 is 6.03 Å². The first kappa shape index (κ1) is 15.6. The second kappa shape index (κ2) is 6.76. The fourth-order valence-corrected chi connectivity index (χ4v) is 2.05. The van der Waals surface area contributed by atoms with Crippen LogP contribution < -0.4 is 10.6 Å². The molecule has 0 unspecified atom stereocenters. The minimum Gasteiger partial charge on any atom is -0.466 e. The van der Waals surface area contributed by atoms with E-state index in [1.807, 2.05) is 26.0 Å². The highest BCUT2D eigenvalue weighted by atomic mass is 19.1. The number of nitrogens with zero attached hydrogens (tertiary/aromatic N) is 1. The summed E-state index contributed by atoms with van der Waals surface area (Å²) in [6.45, 7) is 4.00. The molecule has 2 rings (SSSR count). The molecule has 114 valence electrons. The molecule has 0 saturated carbocycles. The van der Waals surface area contributed by atoms with Crippen molar-refractivity contribution in [3.05, 3.63) is 58.3 Å². The minimum absolute atomic E-state index is 0.0105. The van der Waals surface area contributed by atoms with E-state index in [1.54, 1.807) is 0 Å². The Morgan fingerprint density at radius 3 is 2.50 bits per heavy atom. The standard InChI is InChI=1S/C16H16FN3O2/c1-10-5-13(11(2)22-10)8-19-16(21)20-9-14-6-12(7-18)3-4-15(14)17/h3-6H,8-9H2,1-2H3,(H2,19,20,21). The van der Waals surface area contributed by atoms with Crippen molar-refractivity contribution in [1.82, 2.24) is 10.6 Å². The normalized spacial score (nSPS) is 10.1. The molecule has 22 heavy (non-hydrogen) atoms. The number of carbonyl (C=O) groups excluding carboxylic acids is 1. The van der Waals surface area contributed by atoms with Gasteiger partial charge in [0.25, 0.3) is 0 Å². The van der Waals surface area contributed by atoms with Gasteiger partial charge in [-0.05, 0) is 38.1 Å². The lowest BCUT2D eigenvalue weighted by atomic mass is 10.1. The van der Waals surface area contributed by atoms with Gasteiger partial charge in [-0.2, -0.15) is 5.26 Å². The van der Waals surface area contributed by atoms with Crippen molar-refractivity contribution < 1.29 is 13.6 Å². The number of urea groups is 1. The highest BCUT2D eigenvalue weighted by molar-refractivity contribution is 5.73. The lowest BCUT2D eigenvalue weighted by molar-refractivity contribution is 0.240. The van der Waals surface area contributed by atoms with E-state index in [4.69, 9.17) is 9.68 Å². The predicted octanol–water partition coefficient (Wildman–Crippen LogP) is 2.91. The van der Waals surface area contributed by atoms with E-state index in [1.165, 1.54) is 18.2 Å². The molecule has 0 bridgehead atoms. The van der Waals surface area contributed by atoms with Crippen LogP contribution in [0.1, 0.15) is 28.2 Å². The molecule has 0 saturated heterocycles. The molecule has 1 heterocycles. The SMILES string of the molecule is Cc1cc(CNC(=O)NCc2cc(C#N)ccc2F)c(C)o1. The molecular formula is C16H16FN3O2. The number of nitrogens with one attached hydrogen (secondary N) is 2. The molecule has 6 heteroatoms. The molecular weight excluding hydrogens is 285 g/mol. The van der Waals surface area contributed by atoms with Gasteiger partial charge in [-0.1, -0.05) is 0 Å². The first-order valence-electron chi connectivity index (χ1n) is 6.75. The maximum atomic E-state index is 13.6. The van der Waals surface area contributed by atoms with Crippen molar-refractivity contribution in [2.24, 2.45) is 0 Å². The number of aryl methyl sites for hydroxylation is 2. The molecule has 2 aromatic rings. The zero-order chi connectivity index (χ0) is 16.1. The lowest BCUT2D eigenvalue weighted by Gasteiger charge is -2.08. The largest absolute Gasteiger partial charge is 0.466 e. The molecule has 0 atom stereocenters. The Kier molecular flexibility index (Phi) is 4.79. The molecule has 2 amide bonds. The third-order valence-corrected chi connectivity index (χ3v) is 3.20. The molecule has 1 aromatic heterocycles. The van der Waals surface area contributed by atoms with Gasteiger partial charge in [0.15, 0.2) is 0 Å². The van der Waals surface area contributed by atoms with Crippen molar-refractivity contribution >= 4 is 6.03 Å². The fraction of sp³-hybridized carbons (Fsp3) is 0.250. The van der Waals surface area contributed by atoms with E-state index in [-0.39, 0.29) is 12.1 Å². The third kappa shape index (κ3) is 3.85. The highest BCUT2D eigenvalue weighted by Crippen LogP contribution is 2.13. The van der Waals surface area contributed by atoms with Crippen molar-refractivity contribution in [3.63, 3.8) is 0 Å². The summed E-state index contributed by atoms with van der Waals surface area (Å²) in [6.07, 6.45) is 0. The summed E-state index contributed by atoms with van der Waals surface area (Å²) in [5.74, 6) is 1.08. The van der Waals surface area contributed by atoms with Crippen LogP contribution >= 0.6 is 0 Å². The Labute approximate surface area is 127 Å². The Balaban J connectivity index is 1.88. The third-order valence-electron chi connectivity index (χ3n) is 3.20. The van der Waals surface area contributed by atoms with Crippen LogP contribution in [-0.4, -0.2) is 6.03 Å². The van der Waals surface area contributed by atoms with Gasteiger partial charge in [0.2, 0.25) is 0 Å². The fourth-order valence-electron chi connectivity index (χ4n) is 2.05. The number of amides is 2. The quantitative estimate of drug-likeness (QED) is 0.911. The summed E-state index contributed by atoms with van der Waals surface area (Å²) in [5.41, 5.74) is 1.51. The summed E-state index contributed by atoms with van der Waals surface area (Å²) in [5, 5.41) is 14.0. The van der Waals surface area contributed by atoms with Gasteiger partial charge in [0.1, 0.15) is 17.3 Å². The number of rotatable bonds is 4. The molecule has 0 aliphatic heterocycles. The molecule has 0 radical (unpaired) electrons. The first-order chi connectivity index (χ1) is 10.5. The minimum atomic E-state index is -0.458. The van der Waals surface area contributed by atoms with E-state index in [0.29, 0.717) is 12.1 Å². The molecule has 0 aliphatic rings. The van der Waals surface area contributed by atoms with Crippen molar-refractivity contribution in [2.75, 3.05) is 0 Å². The first-order valence-corrected chi connectivity index (χ1v) is 6.75. The second-order valence-corrected chi connectivity index (χ2v) is 4.89. The monoisotopic (exact) mass is 301 g/mol. The summed E-state index contributed by atoms with van der Waals surface area (Å²) in [7, 11) is 0. The number of hydrogen-bond acceptors (Lipinski definition) is 3. The van der Waals surface area contributed by atoms with Crippen LogP contribution in [0.3, 0.4) is 0 Å². The second-order valence-electron chi connectivity index (χ2n) is 4.89. The Morgan fingerprint density at radius 2 is 1.91 bits per heavy atom. The zero-order valence-electron chi connectivity index (χ0n) is 12.4. The van der Waals surface area contributed by atoms with Crippen molar-refractivity contribution in [3.8, 4) is 6.07 Å². The molecule has 5 nitrogen and oxygen atoms in total. The van der Waals surface area contributed by atoms with Gasteiger partial charge in [0, 0.05) is 24.2 Å². The smallest absolute Gasteiger partial charge is 0.315 e. The summed E-state index contributed by atoms with van der Waals surface area (Å²) >= 11 is 0. The number of benzene rings is 1. The van der Waals surface area contributed by atoms with Crippen LogP contribution in [-0.2, 0) is 13.1 Å².